The van der Waals surface area contributed by atoms with Crippen LogP contribution < -0.4 is 10.9 Å². The Balaban J connectivity index is 2.72. The Morgan fingerprint density at radius 3 is 2.76 bits per heavy atom. The summed E-state index contributed by atoms with van der Waals surface area (Å²) >= 11 is 1.27. The van der Waals surface area contributed by atoms with Crippen molar-refractivity contribution in [3.05, 3.63) is 40.2 Å². The highest BCUT2D eigenvalue weighted by Crippen LogP contribution is 2.28. The van der Waals surface area contributed by atoms with Crippen LogP contribution in [0.25, 0.3) is 11.3 Å². The summed E-state index contributed by atoms with van der Waals surface area (Å²) in [5.41, 5.74) is 0.724. The fraction of sp³-hybridized carbons (Fsp3) is 0.143. The van der Waals surface area contributed by atoms with Crippen LogP contribution in [0.2, 0.25) is 0 Å². The third-order valence-electron chi connectivity index (χ3n) is 2.70. The highest BCUT2D eigenvalue weighted by molar-refractivity contribution is 7.98. The molecule has 0 radical (unpaired) electrons. The van der Waals surface area contributed by atoms with Crippen molar-refractivity contribution in [3.63, 3.8) is 0 Å². The number of nitrogens with zero attached hydrogens (tertiary/aromatic N) is 2. The molecule has 0 saturated heterocycles. The lowest BCUT2D eigenvalue weighted by atomic mass is 10.1. The topological polar surface area (TPSA) is 98.6 Å². The van der Waals surface area contributed by atoms with Crippen LogP contribution in [0.15, 0.2) is 34.2 Å². The molecule has 0 bridgehead atoms. The van der Waals surface area contributed by atoms with Crippen LogP contribution in [0.4, 0.5) is 5.69 Å². The number of aromatic nitrogens is 2. The average Bonchev–Trinajstić information content (AvgIpc) is 2.46. The molecule has 21 heavy (non-hydrogen) atoms. The number of hydrogen-bond donors (Lipinski definition) is 2. The van der Waals surface area contributed by atoms with E-state index in [-0.39, 0.29) is 17.2 Å². The largest absolute Gasteiger partial charge is 0.326 e. The van der Waals surface area contributed by atoms with Crippen molar-refractivity contribution in [3.8, 4) is 17.3 Å². The maximum atomic E-state index is 11.9. The molecule has 2 N–H and O–H groups in total. The Kier molecular flexibility index (Phi) is 4.40. The summed E-state index contributed by atoms with van der Waals surface area (Å²) in [6, 6.07) is 8.77. The van der Waals surface area contributed by atoms with E-state index >= 15 is 0 Å². The van der Waals surface area contributed by atoms with Crippen LogP contribution in [0, 0.1) is 11.3 Å². The van der Waals surface area contributed by atoms with Gasteiger partial charge in [0.05, 0.1) is 11.4 Å². The SMILES string of the molecule is CSc1nc(-c2ccccc2NC(C)=O)c(C#N)c(=O)[nH]1. The Morgan fingerprint density at radius 1 is 1.43 bits per heavy atom. The van der Waals surface area contributed by atoms with Gasteiger partial charge in [-0.1, -0.05) is 30.0 Å². The first-order chi connectivity index (χ1) is 10.1. The van der Waals surface area contributed by atoms with Crippen molar-refractivity contribution in [1.29, 1.82) is 5.26 Å². The summed E-state index contributed by atoms with van der Waals surface area (Å²) in [5, 5.41) is 12.3. The smallest absolute Gasteiger partial charge is 0.270 e. The van der Waals surface area contributed by atoms with Crippen LogP contribution in [0.3, 0.4) is 0 Å². The molecular formula is C14H12N4O2S. The lowest BCUT2D eigenvalue weighted by Crippen LogP contribution is -2.15. The maximum absolute atomic E-state index is 11.9. The van der Waals surface area contributed by atoms with Crippen molar-refractivity contribution < 1.29 is 4.79 Å². The number of aromatic amines is 1. The molecule has 0 aliphatic heterocycles. The minimum absolute atomic E-state index is 0.0781. The van der Waals surface area contributed by atoms with E-state index in [4.69, 9.17) is 0 Å². The molecule has 2 aromatic rings. The molecule has 1 amide bonds. The van der Waals surface area contributed by atoms with Crippen molar-refractivity contribution in [2.45, 2.75) is 12.1 Å². The molecule has 7 heteroatoms. The number of nitriles is 1. The fourth-order valence-electron chi connectivity index (χ4n) is 1.84. The van der Waals surface area contributed by atoms with E-state index in [2.05, 4.69) is 15.3 Å². The van der Waals surface area contributed by atoms with Gasteiger partial charge in [-0.05, 0) is 12.3 Å². The zero-order valence-corrected chi connectivity index (χ0v) is 12.2. The van der Waals surface area contributed by atoms with Gasteiger partial charge in [0.25, 0.3) is 5.56 Å². The van der Waals surface area contributed by atoms with Gasteiger partial charge in [0.15, 0.2) is 5.16 Å². The first-order valence-electron chi connectivity index (χ1n) is 6.02. The number of hydrogen-bond acceptors (Lipinski definition) is 5. The Morgan fingerprint density at radius 2 is 2.14 bits per heavy atom. The number of anilines is 1. The van der Waals surface area contributed by atoms with Gasteiger partial charge in [0.1, 0.15) is 11.6 Å². The normalized spacial score (nSPS) is 9.95. The number of thioether (sulfide) groups is 1. The van der Waals surface area contributed by atoms with Crippen LogP contribution in [0.5, 0.6) is 0 Å². The van der Waals surface area contributed by atoms with Gasteiger partial charge in [-0.2, -0.15) is 5.26 Å². The fourth-order valence-corrected chi connectivity index (χ4v) is 2.21. The third kappa shape index (κ3) is 3.12. The minimum Gasteiger partial charge on any atom is -0.326 e. The van der Waals surface area contributed by atoms with Crippen molar-refractivity contribution in [1.82, 2.24) is 9.97 Å². The zero-order chi connectivity index (χ0) is 15.4. The van der Waals surface area contributed by atoms with Crippen molar-refractivity contribution in [2.24, 2.45) is 0 Å². The third-order valence-corrected chi connectivity index (χ3v) is 3.28. The van der Waals surface area contributed by atoms with Gasteiger partial charge in [0, 0.05) is 12.5 Å². The van der Waals surface area contributed by atoms with Gasteiger partial charge in [-0.25, -0.2) is 4.98 Å². The van der Waals surface area contributed by atoms with E-state index in [1.807, 2.05) is 6.07 Å². The number of nitrogens with one attached hydrogen (secondary N) is 2. The predicted molar refractivity (Wildman–Crippen MR) is 81.1 cm³/mol. The second kappa shape index (κ2) is 6.24. The Labute approximate surface area is 125 Å². The highest BCUT2D eigenvalue weighted by Gasteiger charge is 2.16. The van der Waals surface area contributed by atoms with E-state index in [9.17, 15) is 14.9 Å². The Bertz CT molecular complexity index is 792. The number of carbonyl (C=O) groups excluding carboxylic acids is 1. The zero-order valence-electron chi connectivity index (χ0n) is 11.4. The predicted octanol–water partition coefficient (Wildman–Crippen LogP) is 1.99. The number of para-hydroxylation sites is 1. The summed E-state index contributed by atoms with van der Waals surface area (Å²) in [7, 11) is 0. The average molecular weight is 300 g/mol. The number of benzene rings is 1. The van der Waals surface area contributed by atoms with E-state index in [1.54, 1.807) is 30.5 Å². The first-order valence-corrected chi connectivity index (χ1v) is 7.24. The molecule has 0 atom stereocenters. The molecular weight excluding hydrogens is 288 g/mol. The summed E-state index contributed by atoms with van der Waals surface area (Å²) in [6.07, 6.45) is 1.77. The molecule has 0 aliphatic rings. The summed E-state index contributed by atoms with van der Waals surface area (Å²) in [5.74, 6) is -0.240. The second-order valence-corrected chi connectivity index (χ2v) is 4.93. The summed E-state index contributed by atoms with van der Waals surface area (Å²) in [6.45, 7) is 1.39. The molecule has 6 nitrogen and oxygen atoms in total. The van der Waals surface area contributed by atoms with E-state index in [1.165, 1.54) is 18.7 Å². The Hall–Kier alpha value is -2.59. The molecule has 1 aromatic heterocycles. The molecule has 0 fully saturated rings. The lowest BCUT2D eigenvalue weighted by molar-refractivity contribution is -0.114. The quantitative estimate of drug-likeness (QED) is 0.667. The maximum Gasteiger partial charge on any atom is 0.270 e. The molecule has 2 rings (SSSR count). The van der Waals surface area contributed by atoms with Crippen LogP contribution in [-0.2, 0) is 4.79 Å². The molecule has 0 spiro atoms. The van der Waals surface area contributed by atoms with Gasteiger partial charge < -0.3 is 10.3 Å². The van der Waals surface area contributed by atoms with Crippen LogP contribution in [-0.4, -0.2) is 22.1 Å². The van der Waals surface area contributed by atoms with Crippen molar-refractivity contribution in [2.75, 3.05) is 11.6 Å². The molecule has 0 unspecified atom stereocenters. The number of H-pyrrole nitrogens is 1. The second-order valence-electron chi connectivity index (χ2n) is 4.14. The standard InChI is InChI=1S/C14H12N4O2S/c1-8(19)16-11-6-4-3-5-9(11)12-10(7-15)13(20)18-14(17-12)21-2/h3-6H,1-2H3,(H,16,19)(H,17,18,20). The highest BCUT2D eigenvalue weighted by atomic mass is 32.2. The first kappa shape index (κ1) is 14.8. The number of amides is 1. The van der Waals surface area contributed by atoms with E-state index in [0.29, 0.717) is 16.4 Å². The van der Waals surface area contributed by atoms with E-state index < -0.39 is 5.56 Å². The molecule has 106 valence electrons. The van der Waals surface area contributed by atoms with Crippen LogP contribution >= 0.6 is 11.8 Å². The van der Waals surface area contributed by atoms with Gasteiger partial charge in [0.2, 0.25) is 5.91 Å². The summed E-state index contributed by atoms with van der Waals surface area (Å²) < 4.78 is 0. The molecule has 1 aromatic carbocycles. The molecule has 1 heterocycles. The van der Waals surface area contributed by atoms with Gasteiger partial charge in [-0.3, -0.25) is 9.59 Å². The van der Waals surface area contributed by atoms with Gasteiger partial charge >= 0.3 is 0 Å². The lowest BCUT2D eigenvalue weighted by Gasteiger charge is -2.10. The number of carbonyl (C=O) groups is 1. The summed E-state index contributed by atoms with van der Waals surface area (Å²) in [4.78, 5) is 30.0. The monoisotopic (exact) mass is 300 g/mol. The van der Waals surface area contributed by atoms with Gasteiger partial charge in [-0.15, -0.1) is 0 Å². The van der Waals surface area contributed by atoms with E-state index in [0.717, 1.165) is 0 Å². The number of rotatable bonds is 3. The minimum atomic E-state index is -0.496. The van der Waals surface area contributed by atoms with Crippen LogP contribution in [0.1, 0.15) is 12.5 Å². The molecule has 0 saturated carbocycles. The molecule has 0 aliphatic carbocycles. The van der Waals surface area contributed by atoms with Crippen molar-refractivity contribution >= 4 is 23.4 Å².